The number of aliphatic imine (C=N–C) groups is 1. The molecule has 9 heteroatoms. The summed E-state index contributed by atoms with van der Waals surface area (Å²) in [6, 6.07) is 5.47. The molecule has 1 atom stereocenters. The van der Waals surface area contributed by atoms with Crippen LogP contribution in [0.1, 0.15) is 6.42 Å². The summed E-state index contributed by atoms with van der Waals surface area (Å²) in [6.07, 6.45) is -1.10. The van der Waals surface area contributed by atoms with Crippen LogP contribution < -0.4 is 19.9 Å². The van der Waals surface area contributed by atoms with Crippen molar-refractivity contribution >= 4 is 35.3 Å². The average molecular weight is 330 g/mol. The molecule has 3 aliphatic heterocycles. The maximum atomic E-state index is 12.0. The highest BCUT2D eigenvalue weighted by atomic mass is 16.6. The monoisotopic (exact) mass is 330 g/mol. The lowest BCUT2D eigenvalue weighted by Gasteiger charge is -2.19. The Morgan fingerprint density at radius 1 is 1.33 bits per heavy atom. The Morgan fingerprint density at radius 2 is 2.17 bits per heavy atom. The minimum atomic E-state index is -0.843. The van der Waals surface area contributed by atoms with Crippen molar-refractivity contribution in [1.29, 1.82) is 0 Å². The smallest absolute Gasteiger partial charge is 0.415 e. The molecule has 24 heavy (non-hydrogen) atoms. The summed E-state index contributed by atoms with van der Waals surface area (Å²) in [7, 11) is 1.49. The fourth-order valence-corrected chi connectivity index (χ4v) is 2.87. The molecule has 3 aliphatic rings. The first-order valence-corrected chi connectivity index (χ1v) is 7.47. The number of hydrogen-bond acceptors (Lipinski definition) is 6. The summed E-state index contributed by atoms with van der Waals surface area (Å²) in [5, 5.41) is 2.46. The molecule has 3 heterocycles. The van der Waals surface area contributed by atoms with Gasteiger partial charge >= 0.3 is 12.1 Å². The molecule has 0 spiro atoms. The van der Waals surface area contributed by atoms with Crippen molar-refractivity contribution in [1.82, 2.24) is 5.32 Å². The molecule has 1 saturated heterocycles. The maximum Gasteiger partial charge on any atom is 0.415 e. The van der Waals surface area contributed by atoms with Crippen LogP contribution in [0.4, 0.5) is 16.2 Å². The van der Waals surface area contributed by atoms with E-state index in [1.807, 2.05) is 4.90 Å². The number of nitrogens with one attached hydrogen (secondary N) is 1. The number of amidine groups is 1. The number of carbonyl (C=O) groups is 3. The van der Waals surface area contributed by atoms with E-state index in [-0.39, 0.29) is 24.4 Å². The van der Waals surface area contributed by atoms with Gasteiger partial charge in [0.05, 0.1) is 17.9 Å². The molecule has 1 N–H and O–H groups in total. The van der Waals surface area contributed by atoms with Crippen LogP contribution in [-0.4, -0.2) is 50.2 Å². The Balaban J connectivity index is 1.61. The summed E-state index contributed by atoms with van der Waals surface area (Å²) < 4.78 is 10.7. The second kappa shape index (κ2) is 5.22. The van der Waals surface area contributed by atoms with Gasteiger partial charge in [0.25, 0.3) is 11.8 Å². The second-order valence-corrected chi connectivity index (χ2v) is 5.54. The van der Waals surface area contributed by atoms with Crippen LogP contribution in [0.2, 0.25) is 0 Å². The van der Waals surface area contributed by atoms with Gasteiger partial charge in [0.15, 0.2) is 11.9 Å². The lowest BCUT2D eigenvalue weighted by atomic mass is 10.2. The molecular weight excluding hydrogens is 316 g/mol. The van der Waals surface area contributed by atoms with E-state index in [1.54, 1.807) is 18.2 Å². The third-order valence-electron chi connectivity index (χ3n) is 4.10. The molecule has 3 amide bonds. The molecule has 1 aromatic rings. The van der Waals surface area contributed by atoms with Crippen LogP contribution >= 0.6 is 0 Å². The molecule has 4 rings (SSSR count). The summed E-state index contributed by atoms with van der Waals surface area (Å²) in [5.41, 5.74) is 1.34. The lowest BCUT2D eigenvalue weighted by molar-refractivity contribution is -0.127. The molecule has 1 aromatic carbocycles. The molecule has 0 unspecified atom stereocenters. The number of amides is 3. The van der Waals surface area contributed by atoms with E-state index < -0.39 is 12.2 Å². The standard InChI is InChI=1S/C15H14N4O5/c1-16-13(21)11-7-19(15(22)24-11)8-2-3-9-10(6-8)23-14-17-12(20)4-5-18(9)14/h2-3,6,11H,4-5,7H2,1H3,(H,16,21)/t11-/m1/s1. The van der Waals surface area contributed by atoms with Crippen LogP contribution in [0.5, 0.6) is 5.75 Å². The van der Waals surface area contributed by atoms with Crippen LogP contribution in [0, 0.1) is 0 Å². The van der Waals surface area contributed by atoms with Crippen molar-refractivity contribution in [2.45, 2.75) is 12.5 Å². The van der Waals surface area contributed by atoms with Gasteiger partial charge in [-0.15, -0.1) is 0 Å². The third kappa shape index (κ3) is 2.16. The van der Waals surface area contributed by atoms with E-state index in [9.17, 15) is 14.4 Å². The first kappa shape index (κ1) is 14.5. The van der Waals surface area contributed by atoms with Gasteiger partial charge in [-0.25, -0.2) is 4.79 Å². The maximum absolute atomic E-state index is 12.0. The van der Waals surface area contributed by atoms with E-state index in [2.05, 4.69) is 10.3 Å². The number of ether oxygens (including phenoxy) is 2. The predicted molar refractivity (Wildman–Crippen MR) is 83.2 cm³/mol. The van der Waals surface area contributed by atoms with Gasteiger partial charge in [0.1, 0.15) is 0 Å². The molecule has 0 bridgehead atoms. The number of carbonyl (C=O) groups excluding carboxylic acids is 3. The number of rotatable bonds is 2. The first-order chi connectivity index (χ1) is 11.6. The zero-order valence-electron chi connectivity index (χ0n) is 12.8. The van der Waals surface area contributed by atoms with E-state index in [0.717, 1.165) is 5.69 Å². The third-order valence-corrected chi connectivity index (χ3v) is 4.10. The largest absolute Gasteiger partial charge is 0.434 e. The predicted octanol–water partition coefficient (Wildman–Crippen LogP) is 0.243. The van der Waals surface area contributed by atoms with Gasteiger partial charge in [-0.3, -0.25) is 19.4 Å². The topological polar surface area (TPSA) is 101 Å². The highest BCUT2D eigenvalue weighted by Gasteiger charge is 2.38. The zero-order chi connectivity index (χ0) is 16.8. The van der Waals surface area contributed by atoms with Crippen molar-refractivity contribution in [2.75, 3.05) is 29.9 Å². The number of cyclic esters (lactones) is 1. The summed E-state index contributed by atoms with van der Waals surface area (Å²) in [5.74, 6) is -0.0591. The average Bonchev–Trinajstić information content (AvgIpc) is 3.13. The Kier molecular flexibility index (Phi) is 3.15. The van der Waals surface area contributed by atoms with Gasteiger partial charge in [0.2, 0.25) is 0 Å². The van der Waals surface area contributed by atoms with Gasteiger partial charge in [0, 0.05) is 26.1 Å². The van der Waals surface area contributed by atoms with E-state index in [1.165, 1.54) is 11.9 Å². The number of fused-ring (bicyclic) bond motifs is 3. The fourth-order valence-electron chi connectivity index (χ4n) is 2.87. The van der Waals surface area contributed by atoms with E-state index in [4.69, 9.17) is 9.47 Å². The molecule has 0 saturated carbocycles. The molecule has 0 aromatic heterocycles. The Hall–Kier alpha value is -3.10. The first-order valence-electron chi connectivity index (χ1n) is 7.47. The molecular formula is C15H14N4O5. The minimum absolute atomic E-state index is 0.125. The van der Waals surface area contributed by atoms with Gasteiger partial charge in [-0.1, -0.05) is 0 Å². The molecule has 124 valence electrons. The summed E-state index contributed by atoms with van der Waals surface area (Å²) in [6.45, 7) is 0.634. The molecule has 1 fully saturated rings. The van der Waals surface area contributed by atoms with Crippen molar-refractivity contribution in [2.24, 2.45) is 4.99 Å². The number of hydrogen-bond donors (Lipinski definition) is 1. The number of likely N-dealkylation sites (N-methyl/N-ethyl adjacent to an activating group) is 1. The fraction of sp³-hybridized carbons (Fsp3) is 0.333. The van der Waals surface area contributed by atoms with Crippen molar-refractivity contribution in [3.8, 4) is 5.75 Å². The molecule has 0 aliphatic carbocycles. The van der Waals surface area contributed by atoms with Crippen LogP contribution in [0.15, 0.2) is 23.2 Å². The SMILES string of the molecule is CNC(=O)[C@H]1CN(c2ccc3c(c2)OC2=NC(=O)CCN23)C(=O)O1. The van der Waals surface area contributed by atoms with Crippen LogP contribution in [-0.2, 0) is 14.3 Å². The normalized spacial score (nSPS) is 21.7. The van der Waals surface area contributed by atoms with Crippen LogP contribution in [0.25, 0.3) is 0 Å². The highest BCUT2D eigenvalue weighted by molar-refractivity contribution is 6.08. The number of anilines is 2. The Bertz CT molecular complexity index is 790. The van der Waals surface area contributed by atoms with Crippen LogP contribution in [0.3, 0.4) is 0 Å². The minimum Gasteiger partial charge on any atom is -0.434 e. The van der Waals surface area contributed by atoms with Gasteiger partial charge < -0.3 is 14.8 Å². The van der Waals surface area contributed by atoms with Crippen molar-refractivity contribution < 1.29 is 23.9 Å². The molecule has 9 nitrogen and oxygen atoms in total. The summed E-state index contributed by atoms with van der Waals surface area (Å²) >= 11 is 0. The quantitative estimate of drug-likeness (QED) is 0.834. The van der Waals surface area contributed by atoms with E-state index in [0.29, 0.717) is 24.4 Å². The molecule has 0 radical (unpaired) electrons. The van der Waals surface area contributed by atoms with Gasteiger partial charge in [-0.2, -0.15) is 4.99 Å². The van der Waals surface area contributed by atoms with Crippen molar-refractivity contribution in [3.63, 3.8) is 0 Å². The number of benzene rings is 1. The second-order valence-electron chi connectivity index (χ2n) is 5.54. The Labute approximate surface area is 136 Å². The highest BCUT2D eigenvalue weighted by Crippen LogP contribution is 2.39. The summed E-state index contributed by atoms with van der Waals surface area (Å²) in [4.78, 5) is 42.1. The van der Waals surface area contributed by atoms with Gasteiger partial charge in [-0.05, 0) is 12.1 Å². The zero-order valence-corrected chi connectivity index (χ0v) is 12.8. The lowest BCUT2D eigenvalue weighted by Crippen LogP contribution is -2.36. The van der Waals surface area contributed by atoms with E-state index >= 15 is 0 Å². The Morgan fingerprint density at radius 3 is 2.96 bits per heavy atom. The van der Waals surface area contributed by atoms with Crippen molar-refractivity contribution in [3.05, 3.63) is 18.2 Å². The number of nitrogens with zero attached hydrogens (tertiary/aromatic N) is 3.